The lowest BCUT2D eigenvalue weighted by atomic mass is 10.4. The zero-order valence-corrected chi connectivity index (χ0v) is 15.4. The van der Waals surface area contributed by atoms with Crippen molar-refractivity contribution in [3.05, 3.63) is 58.1 Å². The second-order valence-electron chi connectivity index (χ2n) is 4.43. The molecular formula is C13H9Br2N5O2S. The van der Waals surface area contributed by atoms with E-state index in [9.17, 15) is 8.42 Å². The molecule has 1 aromatic carbocycles. The summed E-state index contributed by atoms with van der Waals surface area (Å²) in [6, 6.07) is 8.17. The highest BCUT2D eigenvalue weighted by molar-refractivity contribution is 9.11. The molecule has 7 nitrogen and oxygen atoms in total. The minimum atomic E-state index is -3.73. The van der Waals surface area contributed by atoms with E-state index in [1.807, 2.05) is 0 Å². The van der Waals surface area contributed by atoms with Gasteiger partial charge in [0.2, 0.25) is 0 Å². The number of sulfonamides is 1. The number of nitrogens with one attached hydrogen (secondary N) is 1. The molecule has 0 aliphatic rings. The van der Waals surface area contributed by atoms with Crippen LogP contribution in [0.4, 0.5) is 5.69 Å². The van der Waals surface area contributed by atoms with Gasteiger partial charge in [-0.3, -0.25) is 4.72 Å². The van der Waals surface area contributed by atoms with Crippen LogP contribution in [0.15, 0.2) is 63.0 Å². The van der Waals surface area contributed by atoms with Gasteiger partial charge in [0, 0.05) is 8.95 Å². The number of nitrogens with zero attached hydrogens (tertiary/aromatic N) is 4. The van der Waals surface area contributed by atoms with Crippen molar-refractivity contribution in [2.75, 3.05) is 4.72 Å². The van der Waals surface area contributed by atoms with Crippen LogP contribution in [0.25, 0.3) is 5.82 Å². The van der Waals surface area contributed by atoms with Crippen LogP contribution in [0.5, 0.6) is 0 Å². The normalized spacial score (nSPS) is 11.4. The summed E-state index contributed by atoms with van der Waals surface area (Å²) < 4.78 is 30.0. The molecule has 0 saturated carbocycles. The summed E-state index contributed by atoms with van der Waals surface area (Å²) in [5, 5.41) is 3.95. The molecule has 0 amide bonds. The second kappa shape index (κ2) is 6.38. The van der Waals surface area contributed by atoms with Crippen molar-refractivity contribution in [1.82, 2.24) is 19.7 Å². The van der Waals surface area contributed by atoms with Gasteiger partial charge in [0.1, 0.15) is 17.6 Å². The molecule has 0 atom stereocenters. The van der Waals surface area contributed by atoms with Crippen LogP contribution in [0.2, 0.25) is 0 Å². The fourth-order valence-corrected chi connectivity index (χ4v) is 4.35. The van der Waals surface area contributed by atoms with E-state index in [1.54, 1.807) is 24.3 Å². The Kier molecular flexibility index (Phi) is 4.46. The average molecular weight is 459 g/mol. The third-order valence-electron chi connectivity index (χ3n) is 2.84. The molecule has 10 heteroatoms. The van der Waals surface area contributed by atoms with Crippen LogP contribution >= 0.6 is 31.9 Å². The molecule has 2 heterocycles. The lowest BCUT2D eigenvalue weighted by molar-refractivity contribution is 0.600. The zero-order valence-electron chi connectivity index (χ0n) is 11.4. The fourth-order valence-electron chi connectivity index (χ4n) is 1.80. The van der Waals surface area contributed by atoms with Gasteiger partial charge in [0.25, 0.3) is 10.0 Å². The highest BCUT2D eigenvalue weighted by Crippen LogP contribution is 2.27. The first-order valence-corrected chi connectivity index (χ1v) is 9.31. The molecule has 1 N–H and O–H groups in total. The first kappa shape index (κ1) is 16.1. The molecule has 0 aliphatic carbocycles. The summed E-state index contributed by atoms with van der Waals surface area (Å²) in [4.78, 5) is 8.11. The Labute approximate surface area is 149 Å². The van der Waals surface area contributed by atoms with Crippen molar-refractivity contribution in [3.8, 4) is 5.82 Å². The number of rotatable bonds is 4. The van der Waals surface area contributed by atoms with Crippen molar-refractivity contribution in [2.24, 2.45) is 0 Å². The molecule has 0 unspecified atom stereocenters. The maximum Gasteiger partial charge on any atom is 0.263 e. The molecule has 118 valence electrons. The zero-order chi connectivity index (χ0) is 16.4. The third kappa shape index (κ3) is 3.59. The SMILES string of the molecule is O=S(=O)(Nc1ccc(-n2cncn2)nc1)c1cc(Br)ccc1Br. The van der Waals surface area contributed by atoms with Crippen LogP contribution in [-0.4, -0.2) is 28.2 Å². The molecule has 3 aromatic rings. The van der Waals surface area contributed by atoms with Gasteiger partial charge < -0.3 is 0 Å². The maximum absolute atomic E-state index is 12.5. The number of hydrogen-bond acceptors (Lipinski definition) is 5. The van der Waals surface area contributed by atoms with Gasteiger partial charge in [-0.2, -0.15) is 5.10 Å². The molecule has 0 saturated heterocycles. The van der Waals surface area contributed by atoms with Gasteiger partial charge in [0.15, 0.2) is 5.82 Å². The molecule has 23 heavy (non-hydrogen) atoms. The predicted octanol–water partition coefficient (Wildman–Crippen LogP) is 2.99. The first-order valence-electron chi connectivity index (χ1n) is 6.25. The van der Waals surface area contributed by atoms with Crippen LogP contribution in [0, 0.1) is 0 Å². The minimum absolute atomic E-state index is 0.132. The van der Waals surface area contributed by atoms with E-state index < -0.39 is 10.0 Å². The number of pyridine rings is 1. The molecule has 0 aliphatic heterocycles. The van der Waals surface area contributed by atoms with Crippen LogP contribution in [0.1, 0.15) is 0 Å². The molecule has 0 fully saturated rings. The van der Waals surface area contributed by atoms with Gasteiger partial charge >= 0.3 is 0 Å². The van der Waals surface area contributed by atoms with Crippen molar-refractivity contribution in [3.63, 3.8) is 0 Å². The molecular weight excluding hydrogens is 450 g/mol. The number of hydrogen-bond donors (Lipinski definition) is 1. The Morgan fingerprint density at radius 1 is 1.13 bits per heavy atom. The van der Waals surface area contributed by atoms with Gasteiger partial charge in [-0.15, -0.1) is 0 Å². The predicted molar refractivity (Wildman–Crippen MR) is 91.8 cm³/mol. The summed E-state index contributed by atoms with van der Waals surface area (Å²) >= 11 is 6.51. The minimum Gasteiger partial charge on any atom is -0.278 e. The largest absolute Gasteiger partial charge is 0.278 e. The summed E-state index contributed by atoms with van der Waals surface area (Å²) in [6.45, 7) is 0. The van der Waals surface area contributed by atoms with Gasteiger partial charge in [0.05, 0.1) is 11.9 Å². The summed E-state index contributed by atoms with van der Waals surface area (Å²) in [5.41, 5.74) is 0.348. The Morgan fingerprint density at radius 3 is 2.61 bits per heavy atom. The summed E-state index contributed by atoms with van der Waals surface area (Å²) in [5.74, 6) is 0.536. The molecule has 3 rings (SSSR count). The Balaban J connectivity index is 1.87. The molecule has 0 bridgehead atoms. The summed E-state index contributed by atoms with van der Waals surface area (Å²) in [7, 11) is -3.73. The Bertz CT molecular complexity index is 928. The third-order valence-corrected chi connectivity index (χ3v) is 5.70. The number of halogens is 2. The first-order chi connectivity index (χ1) is 11.0. The highest BCUT2D eigenvalue weighted by Gasteiger charge is 2.18. The van der Waals surface area contributed by atoms with Crippen LogP contribution in [-0.2, 0) is 10.0 Å². The standard InChI is InChI=1S/C13H9Br2N5O2S/c14-9-1-3-11(15)12(5-9)23(21,22)19-10-2-4-13(17-6-10)20-8-16-7-18-20/h1-8,19H. The van der Waals surface area contributed by atoms with Crippen molar-refractivity contribution >= 4 is 47.6 Å². The maximum atomic E-state index is 12.5. The van der Waals surface area contributed by atoms with Crippen LogP contribution < -0.4 is 4.72 Å². The van der Waals surface area contributed by atoms with Crippen molar-refractivity contribution in [2.45, 2.75) is 4.90 Å². The van der Waals surface area contributed by atoms with E-state index in [0.29, 0.717) is 20.5 Å². The molecule has 0 spiro atoms. The van der Waals surface area contributed by atoms with E-state index in [0.717, 1.165) is 0 Å². The van der Waals surface area contributed by atoms with E-state index in [2.05, 4.69) is 51.6 Å². The van der Waals surface area contributed by atoms with Crippen molar-refractivity contribution < 1.29 is 8.42 Å². The summed E-state index contributed by atoms with van der Waals surface area (Å²) in [6.07, 6.45) is 4.31. The van der Waals surface area contributed by atoms with Crippen molar-refractivity contribution in [1.29, 1.82) is 0 Å². The van der Waals surface area contributed by atoms with Gasteiger partial charge in [-0.1, -0.05) is 15.9 Å². The smallest absolute Gasteiger partial charge is 0.263 e. The highest BCUT2D eigenvalue weighted by atomic mass is 79.9. The quantitative estimate of drug-likeness (QED) is 0.649. The topological polar surface area (TPSA) is 89.8 Å². The molecule has 2 aromatic heterocycles. The number of benzene rings is 1. The van der Waals surface area contributed by atoms with E-state index in [4.69, 9.17) is 0 Å². The second-order valence-corrected chi connectivity index (χ2v) is 7.85. The van der Waals surface area contributed by atoms with E-state index in [1.165, 1.54) is 29.6 Å². The van der Waals surface area contributed by atoms with E-state index in [-0.39, 0.29) is 4.90 Å². The Morgan fingerprint density at radius 2 is 1.96 bits per heavy atom. The van der Waals surface area contributed by atoms with Gasteiger partial charge in [-0.25, -0.2) is 23.1 Å². The molecule has 0 radical (unpaired) electrons. The lowest BCUT2D eigenvalue weighted by Crippen LogP contribution is -2.14. The number of anilines is 1. The van der Waals surface area contributed by atoms with Crippen LogP contribution in [0.3, 0.4) is 0 Å². The monoisotopic (exact) mass is 457 g/mol. The lowest BCUT2D eigenvalue weighted by Gasteiger charge is -2.10. The van der Waals surface area contributed by atoms with E-state index >= 15 is 0 Å². The number of aromatic nitrogens is 4. The Hall–Kier alpha value is -1.78. The fraction of sp³-hybridized carbons (Fsp3) is 0. The average Bonchev–Trinajstić information content (AvgIpc) is 3.04. The van der Waals surface area contributed by atoms with Gasteiger partial charge in [-0.05, 0) is 46.3 Å².